The van der Waals surface area contributed by atoms with E-state index in [0.29, 0.717) is 12.1 Å². The Morgan fingerprint density at radius 2 is 1.92 bits per heavy atom. The molecule has 1 aliphatic rings. The lowest BCUT2D eigenvalue weighted by Crippen LogP contribution is -2.36. The molecule has 0 aromatic heterocycles. The number of hydrogen-bond acceptors (Lipinski definition) is 4. The second-order valence-corrected chi connectivity index (χ2v) is 7.55. The van der Waals surface area contributed by atoms with Crippen LogP contribution in [0.15, 0.2) is 48.5 Å². The summed E-state index contributed by atoms with van der Waals surface area (Å²) in [7, 11) is 0. The Morgan fingerprint density at radius 3 is 2.65 bits per heavy atom. The summed E-state index contributed by atoms with van der Waals surface area (Å²) in [5.41, 5.74) is 4.49. The first-order chi connectivity index (χ1) is 12.7. The van der Waals surface area contributed by atoms with Crippen LogP contribution in [0.2, 0.25) is 0 Å². The van der Waals surface area contributed by atoms with Crippen molar-refractivity contribution in [2.45, 2.75) is 12.7 Å². The van der Waals surface area contributed by atoms with Crippen LogP contribution < -0.4 is 10.2 Å². The molecule has 0 aliphatic carbocycles. The van der Waals surface area contributed by atoms with Crippen LogP contribution in [0, 0.1) is 6.92 Å². The van der Waals surface area contributed by atoms with Gasteiger partial charge in [-0.1, -0.05) is 29.8 Å². The number of hydrogen-bond donors (Lipinski definition) is 1. The molecule has 0 unspecified atom stereocenters. The van der Waals surface area contributed by atoms with E-state index in [2.05, 4.69) is 41.4 Å². The molecule has 1 aliphatic heterocycles. The van der Waals surface area contributed by atoms with E-state index in [1.165, 1.54) is 11.1 Å². The number of benzene rings is 2. The van der Waals surface area contributed by atoms with E-state index in [0.717, 1.165) is 43.5 Å². The highest BCUT2D eigenvalue weighted by molar-refractivity contribution is 7.98. The van der Waals surface area contributed by atoms with E-state index in [1.54, 1.807) is 0 Å². The first-order valence-corrected chi connectivity index (χ1v) is 10.2. The van der Waals surface area contributed by atoms with Gasteiger partial charge < -0.3 is 15.0 Å². The summed E-state index contributed by atoms with van der Waals surface area (Å²) in [5.74, 6) is 1.88. The second-order valence-electron chi connectivity index (χ2n) is 6.44. The normalized spacial score (nSPS) is 14.3. The monoisotopic (exact) mass is 370 g/mol. The lowest BCUT2D eigenvalue weighted by molar-refractivity contribution is 0.0956. The van der Waals surface area contributed by atoms with E-state index in [4.69, 9.17) is 4.74 Å². The number of ether oxygens (including phenoxy) is 1. The zero-order valence-electron chi connectivity index (χ0n) is 15.2. The molecule has 0 atom stereocenters. The van der Waals surface area contributed by atoms with Crippen molar-refractivity contribution in [1.29, 1.82) is 0 Å². The van der Waals surface area contributed by atoms with Crippen LogP contribution >= 0.6 is 11.8 Å². The molecule has 138 valence electrons. The van der Waals surface area contributed by atoms with Crippen LogP contribution in [-0.4, -0.2) is 44.5 Å². The molecule has 5 heteroatoms. The van der Waals surface area contributed by atoms with Crippen LogP contribution in [0.1, 0.15) is 21.5 Å². The summed E-state index contributed by atoms with van der Waals surface area (Å²) in [4.78, 5) is 14.5. The van der Waals surface area contributed by atoms with Crippen LogP contribution in [-0.2, 0) is 10.5 Å². The smallest absolute Gasteiger partial charge is 0.251 e. The molecule has 26 heavy (non-hydrogen) atoms. The van der Waals surface area contributed by atoms with Gasteiger partial charge in [0.2, 0.25) is 0 Å². The van der Waals surface area contributed by atoms with Crippen LogP contribution in [0.3, 0.4) is 0 Å². The second kappa shape index (κ2) is 9.64. The maximum Gasteiger partial charge on any atom is 0.251 e. The summed E-state index contributed by atoms with van der Waals surface area (Å²) >= 11 is 1.84. The van der Waals surface area contributed by atoms with Gasteiger partial charge in [0.1, 0.15) is 0 Å². The molecular weight excluding hydrogens is 344 g/mol. The molecule has 1 saturated heterocycles. The molecule has 3 rings (SSSR count). The van der Waals surface area contributed by atoms with Crippen LogP contribution in [0.5, 0.6) is 0 Å². The molecule has 2 aromatic rings. The highest BCUT2D eigenvalue weighted by Gasteiger charge is 2.12. The van der Waals surface area contributed by atoms with Crippen molar-refractivity contribution in [1.82, 2.24) is 5.32 Å². The number of nitrogens with one attached hydrogen (secondary N) is 1. The van der Waals surface area contributed by atoms with Gasteiger partial charge in [-0.05, 0) is 36.8 Å². The van der Waals surface area contributed by atoms with Crippen molar-refractivity contribution >= 4 is 23.4 Å². The maximum atomic E-state index is 12.3. The summed E-state index contributed by atoms with van der Waals surface area (Å²) < 4.78 is 5.37. The standard InChI is InChI=1S/C21H26N2O2S/c1-17-3-2-4-18(15-17)16-26-14-9-22-21(24)19-5-7-20(8-6-19)23-10-12-25-13-11-23/h2-8,15H,9-14,16H2,1H3,(H,22,24). The summed E-state index contributed by atoms with van der Waals surface area (Å²) in [6.07, 6.45) is 0. The van der Waals surface area contributed by atoms with Crippen molar-refractivity contribution in [3.05, 3.63) is 65.2 Å². The van der Waals surface area contributed by atoms with Crippen molar-refractivity contribution in [3.63, 3.8) is 0 Å². The van der Waals surface area contributed by atoms with Crippen molar-refractivity contribution in [3.8, 4) is 0 Å². The minimum atomic E-state index is -0.00492. The third-order valence-electron chi connectivity index (χ3n) is 4.39. The third kappa shape index (κ3) is 5.51. The Labute approximate surface area is 159 Å². The fraction of sp³-hybridized carbons (Fsp3) is 0.381. The largest absolute Gasteiger partial charge is 0.378 e. The Balaban J connectivity index is 1.39. The molecule has 4 nitrogen and oxygen atoms in total. The first-order valence-electron chi connectivity index (χ1n) is 9.06. The number of nitrogens with zero attached hydrogens (tertiary/aromatic N) is 1. The Hall–Kier alpha value is -1.98. The predicted octanol–water partition coefficient (Wildman–Crippen LogP) is 3.49. The van der Waals surface area contributed by atoms with Gasteiger partial charge in [0.15, 0.2) is 0 Å². The summed E-state index contributed by atoms with van der Waals surface area (Å²) in [5, 5.41) is 3.00. The quantitative estimate of drug-likeness (QED) is 0.758. The van der Waals surface area contributed by atoms with Gasteiger partial charge in [-0.2, -0.15) is 11.8 Å². The number of carbonyl (C=O) groups is 1. The molecule has 1 amide bonds. The lowest BCUT2D eigenvalue weighted by Gasteiger charge is -2.28. The van der Waals surface area contributed by atoms with E-state index in [1.807, 2.05) is 36.0 Å². The van der Waals surface area contributed by atoms with Crippen molar-refractivity contribution in [2.24, 2.45) is 0 Å². The zero-order valence-corrected chi connectivity index (χ0v) is 16.1. The van der Waals surface area contributed by atoms with Crippen molar-refractivity contribution in [2.75, 3.05) is 43.5 Å². The Bertz CT molecular complexity index is 712. The lowest BCUT2D eigenvalue weighted by atomic mass is 10.1. The molecule has 0 radical (unpaired) electrons. The number of thioether (sulfide) groups is 1. The average molecular weight is 371 g/mol. The molecule has 1 heterocycles. The molecule has 0 bridgehead atoms. The van der Waals surface area contributed by atoms with E-state index < -0.39 is 0 Å². The number of rotatable bonds is 7. The van der Waals surface area contributed by atoms with Gasteiger partial charge in [-0.15, -0.1) is 0 Å². The van der Waals surface area contributed by atoms with Gasteiger partial charge in [-0.3, -0.25) is 4.79 Å². The first kappa shape index (κ1) is 18.8. The van der Waals surface area contributed by atoms with Gasteiger partial charge in [-0.25, -0.2) is 0 Å². The SMILES string of the molecule is Cc1cccc(CSCCNC(=O)c2ccc(N3CCOCC3)cc2)c1. The van der Waals surface area contributed by atoms with E-state index >= 15 is 0 Å². The van der Waals surface area contributed by atoms with Gasteiger partial charge in [0.05, 0.1) is 13.2 Å². The number of carbonyl (C=O) groups excluding carboxylic acids is 1. The Kier molecular flexibility index (Phi) is 6.97. The highest BCUT2D eigenvalue weighted by atomic mass is 32.2. The molecule has 1 fully saturated rings. The number of amides is 1. The van der Waals surface area contributed by atoms with Gasteiger partial charge in [0, 0.05) is 42.4 Å². The number of morpholine rings is 1. The molecule has 2 aromatic carbocycles. The molecular formula is C21H26N2O2S. The number of anilines is 1. The van der Waals surface area contributed by atoms with Crippen LogP contribution in [0.4, 0.5) is 5.69 Å². The Morgan fingerprint density at radius 1 is 1.15 bits per heavy atom. The molecule has 0 spiro atoms. The fourth-order valence-electron chi connectivity index (χ4n) is 2.98. The summed E-state index contributed by atoms with van der Waals surface area (Å²) in [6, 6.07) is 16.4. The van der Waals surface area contributed by atoms with Crippen LogP contribution in [0.25, 0.3) is 0 Å². The maximum absolute atomic E-state index is 12.3. The van der Waals surface area contributed by atoms with E-state index in [9.17, 15) is 4.79 Å². The topological polar surface area (TPSA) is 41.6 Å². The van der Waals surface area contributed by atoms with Crippen molar-refractivity contribution < 1.29 is 9.53 Å². The van der Waals surface area contributed by atoms with E-state index in [-0.39, 0.29) is 5.91 Å². The van der Waals surface area contributed by atoms with Gasteiger partial charge >= 0.3 is 0 Å². The summed E-state index contributed by atoms with van der Waals surface area (Å²) in [6.45, 7) is 6.14. The predicted molar refractivity (Wildman–Crippen MR) is 109 cm³/mol. The molecule has 1 N–H and O–H groups in total. The third-order valence-corrected chi connectivity index (χ3v) is 5.42. The zero-order chi connectivity index (χ0) is 18.2. The minimum absolute atomic E-state index is 0.00492. The average Bonchev–Trinajstić information content (AvgIpc) is 2.68. The van der Waals surface area contributed by atoms with Gasteiger partial charge in [0.25, 0.3) is 5.91 Å². The number of aryl methyl sites for hydroxylation is 1. The highest BCUT2D eigenvalue weighted by Crippen LogP contribution is 2.17. The molecule has 0 saturated carbocycles. The fourth-order valence-corrected chi connectivity index (χ4v) is 3.78. The minimum Gasteiger partial charge on any atom is -0.378 e.